The molecule has 106 valence electrons. The zero-order chi connectivity index (χ0) is 14.1. The minimum Gasteiger partial charge on any atom is -0.336 e. The molecule has 2 aliphatic heterocycles. The zero-order valence-corrected chi connectivity index (χ0v) is 11.6. The van der Waals surface area contributed by atoms with E-state index in [-0.39, 0.29) is 23.9 Å². The van der Waals surface area contributed by atoms with E-state index in [4.69, 9.17) is 0 Å². The van der Waals surface area contributed by atoms with Gasteiger partial charge in [-0.3, -0.25) is 9.69 Å². The van der Waals surface area contributed by atoms with Crippen molar-refractivity contribution >= 4 is 11.8 Å². The third kappa shape index (κ3) is 2.29. The molecule has 2 atom stereocenters. The lowest BCUT2D eigenvalue weighted by atomic mass is 10.0. The summed E-state index contributed by atoms with van der Waals surface area (Å²) >= 11 is 0. The maximum atomic E-state index is 12.5. The third-order valence-corrected chi connectivity index (χ3v) is 4.25. The lowest BCUT2D eigenvalue weighted by Crippen LogP contribution is -2.55. The molecule has 1 N–H and O–H groups in total. The summed E-state index contributed by atoms with van der Waals surface area (Å²) < 4.78 is 0. The van der Waals surface area contributed by atoms with E-state index in [1.807, 2.05) is 42.2 Å². The van der Waals surface area contributed by atoms with Crippen molar-refractivity contribution in [2.75, 3.05) is 26.2 Å². The molecule has 2 fully saturated rings. The molecule has 1 aromatic carbocycles. The largest absolute Gasteiger partial charge is 0.336 e. The summed E-state index contributed by atoms with van der Waals surface area (Å²) in [5.74, 6) is 0.149. The fourth-order valence-electron chi connectivity index (χ4n) is 2.99. The van der Waals surface area contributed by atoms with Gasteiger partial charge >= 0.3 is 6.03 Å². The van der Waals surface area contributed by atoms with Crippen molar-refractivity contribution in [1.82, 2.24) is 15.1 Å². The number of Topliss-reactive ketones (excluding diaryl/α,β-unsaturated/α-hetero) is 1. The molecule has 1 aromatic rings. The molecule has 0 spiro atoms. The van der Waals surface area contributed by atoms with Crippen LogP contribution in [0.1, 0.15) is 17.3 Å². The van der Waals surface area contributed by atoms with Crippen molar-refractivity contribution in [3.8, 4) is 0 Å². The first-order chi connectivity index (χ1) is 9.66. The van der Waals surface area contributed by atoms with E-state index >= 15 is 0 Å². The SMILES string of the molecule is CC(C(=O)c1ccccc1)N1CCN2C(=O)NCC2C1. The van der Waals surface area contributed by atoms with Crippen molar-refractivity contribution in [1.29, 1.82) is 0 Å². The van der Waals surface area contributed by atoms with Gasteiger partial charge < -0.3 is 10.2 Å². The summed E-state index contributed by atoms with van der Waals surface area (Å²) in [7, 11) is 0. The minimum atomic E-state index is -0.143. The Kier molecular flexibility index (Phi) is 3.44. The Morgan fingerprint density at radius 3 is 2.80 bits per heavy atom. The van der Waals surface area contributed by atoms with E-state index in [2.05, 4.69) is 10.2 Å². The van der Waals surface area contributed by atoms with Crippen LogP contribution in [0.25, 0.3) is 0 Å². The molecule has 2 unspecified atom stereocenters. The van der Waals surface area contributed by atoms with E-state index in [1.54, 1.807) is 0 Å². The summed E-state index contributed by atoms with van der Waals surface area (Å²) in [6.07, 6.45) is 0. The number of amides is 2. The van der Waals surface area contributed by atoms with Gasteiger partial charge in [0.15, 0.2) is 5.78 Å². The molecule has 2 aliphatic rings. The number of ketones is 1. The van der Waals surface area contributed by atoms with Gasteiger partial charge in [0.05, 0.1) is 12.1 Å². The van der Waals surface area contributed by atoms with Gasteiger partial charge in [-0.15, -0.1) is 0 Å². The molecule has 0 aliphatic carbocycles. The van der Waals surface area contributed by atoms with Crippen LogP contribution in [0.4, 0.5) is 4.79 Å². The van der Waals surface area contributed by atoms with Gasteiger partial charge in [0.2, 0.25) is 0 Å². The molecule has 0 saturated carbocycles. The van der Waals surface area contributed by atoms with E-state index in [0.717, 1.165) is 18.7 Å². The van der Waals surface area contributed by atoms with Crippen LogP contribution in [-0.2, 0) is 0 Å². The highest BCUT2D eigenvalue weighted by molar-refractivity contribution is 5.99. The molecule has 5 nitrogen and oxygen atoms in total. The highest BCUT2D eigenvalue weighted by Gasteiger charge is 2.37. The lowest BCUT2D eigenvalue weighted by Gasteiger charge is -2.39. The minimum absolute atomic E-state index is 0.0247. The monoisotopic (exact) mass is 273 g/mol. The van der Waals surface area contributed by atoms with Crippen LogP contribution in [0, 0.1) is 0 Å². The van der Waals surface area contributed by atoms with Crippen LogP contribution >= 0.6 is 0 Å². The Balaban J connectivity index is 1.68. The molecule has 2 amide bonds. The van der Waals surface area contributed by atoms with E-state index in [9.17, 15) is 9.59 Å². The number of fused-ring (bicyclic) bond motifs is 1. The topological polar surface area (TPSA) is 52.7 Å². The van der Waals surface area contributed by atoms with Gasteiger partial charge in [-0.05, 0) is 6.92 Å². The van der Waals surface area contributed by atoms with E-state index in [1.165, 1.54) is 0 Å². The molecule has 0 bridgehead atoms. The van der Waals surface area contributed by atoms with Crippen molar-refractivity contribution in [3.63, 3.8) is 0 Å². The van der Waals surface area contributed by atoms with Crippen LogP contribution < -0.4 is 5.32 Å². The number of urea groups is 1. The average molecular weight is 273 g/mol. The number of hydrogen-bond donors (Lipinski definition) is 1. The first-order valence-electron chi connectivity index (χ1n) is 7.04. The van der Waals surface area contributed by atoms with Crippen molar-refractivity contribution in [3.05, 3.63) is 35.9 Å². The van der Waals surface area contributed by atoms with Crippen LogP contribution in [-0.4, -0.2) is 59.9 Å². The molecule has 5 heteroatoms. The summed E-state index contributed by atoms with van der Waals surface area (Å²) in [6.45, 7) is 4.85. The predicted molar refractivity (Wildman–Crippen MR) is 75.7 cm³/mol. The van der Waals surface area contributed by atoms with Crippen LogP contribution in [0.5, 0.6) is 0 Å². The van der Waals surface area contributed by atoms with Gasteiger partial charge in [0, 0.05) is 31.7 Å². The Morgan fingerprint density at radius 2 is 2.05 bits per heavy atom. The summed E-state index contributed by atoms with van der Waals surface area (Å²) in [6, 6.07) is 9.48. The number of piperazine rings is 1. The number of nitrogens with zero attached hydrogens (tertiary/aromatic N) is 2. The highest BCUT2D eigenvalue weighted by Crippen LogP contribution is 2.18. The second-order valence-electron chi connectivity index (χ2n) is 5.43. The second kappa shape index (κ2) is 5.25. The third-order valence-electron chi connectivity index (χ3n) is 4.25. The fraction of sp³-hybridized carbons (Fsp3) is 0.467. The summed E-state index contributed by atoms with van der Waals surface area (Å²) in [5.41, 5.74) is 0.753. The molecule has 0 radical (unpaired) electrons. The Bertz CT molecular complexity index is 517. The predicted octanol–water partition coefficient (Wildman–Crippen LogP) is 0.967. The first-order valence-corrected chi connectivity index (χ1v) is 7.04. The quantitative estimate of drug-likeness (QED) is 0.835. The smallest absolute Gasteiger partial charge is 0.317 e. The zero-order valence-electron chi connectivity index (χ0n) is 11.6. The normalized spacial score (nSPS) is 24.1. The number of benzene rings is 1. The Labute approximate surface area is 118 Å². The number of rotatable bonds is 3. The number of carbonyl (C=O) groups is 2. The standard InChI is InChI=1S/C15H19N3O2/c1-11(14(19)12-5-3-2-4-6-12)17-7-8-18-13(10-17)9-16-15(18)20/h2-6,11,13H,7-10H2,1H3,(H,16,20). The number of carbonyl (C=O) groups excluding carboxylic acids is 2. The molecule has 2 heterocycles. The van der Waals surface area contributed by atoms with Crippen molar-refractivity contribution in [2.45, 2.75) is 19.0 Å². The Hall–Kier alpha value is -1.88. The molecular weight excluding hydrogens is 254 g/mol. The second-order valence-corrected chi connectivity index (χ2v) is 5.43. The fourth-order valence-corrected chi connectivity index (χ4v) is 2.99. The number of nitrogens with one attached hydrogen (secondary N) is 1. The van der Waals surface area contributed by atoms with Crippen molar-refractivity contribution in [2.24, 2.45) is 0 Å². The molecule has 0 aromatic heterocycles. The average Bonchev–Trinajstić information content (AvgIpc) is 2.87. The van der Waals surface area contributed by atoms with Gasteiger partial charge in [-0.2, -0.15) is 0 Å². The van der Waals surface area contributed by atoms with Crippen LogP contribution in [0.3, 0.4) is 0 Å². The summed E-state index contributed by atoms with van der Waals surface area (Å²) in [4.78, 5) is 28.1. The van der Waals surface area contributed by atoms with Gasteiger partial charge in [0.25, 0.3) is 0 Å². The van der Waals surface area contributed by atoms with Gasteiger partial charge in [-0.1, -0.05) is 30.3 Å². The maximum absolute atomic E-state index is 12.5. The number of hydrogen-bond acceptors (Lipinski definition) is 3. The van der Waals surface area contributed by atoms with Crippen LogP contribution in [0.15, 0.2) is 30.3 Å². The lowest BCUT2D eigenvalue weighted by molar-refractivity contribution is 0.0677. The van der Waals surface area contributed by atoms with Crippen molar-refractivity contribution < 1.29 is 9.59 Å². The molecular formula is C15H19N3O2. The van der Waals surface area contributed by atoms with Gasteiger partial charge in [0.1, 0.15) is 0 Å². The highest BCUT2D eigenvalue weighted by atomic mass is 16.2. The van der Waals surface area contributed by atoms with E-state index in [0.29, 0.717) is 13.1 Å². The van der Waals surface area contributed by atoms with Gasteiger partial charge in [-0.25, -0.2) is 4.79 Å². The Morgan fingerprint density at radius 1 is 1.30 bits per heavy atom. The maximum Gasteiger partial charge on any atom is 0.317 e. The first kappa shape index (κ1) is 13.1. The molecule has 20 heavy (non-hydrogen) atoms. The van der Waals surface area contributed by atoms with E-state index < -0.39 is 0 Å². The molecule has 3 rings (SSSR count). The summed E-state index contributed by atoms with van der Waals surface area (Å²) in [5, 5.41) is 2.86. The molecule has 2 saturated heterocycles. The van der Waals surface area contributed by atoms with Crippen LogP contribution in [0.2, 0.25) is 0 Å².